The summed E-state index contributed by atoms with van der Waals surface area (Å²) in [6.07, 6.45) is 14.5. The molecule has 0 unspecified atom stereocenters. The molecule has 3 aromatic heterocycles. The second-order valence-corrected chi connectivity index (χ2v) is 8.01. The first-order valence-electron chi connectivity index (χ1n) is 10.7. The molecular weight excluding hydrogens is 434 g/mol. The van der Waals surface area contributed by atoms with Gasteiger partial charge in [0.25, 0.3) is 0 Å². The zero-order valence-electron chi connectivity index (χ0n) is 19.2. The van der Waals surface area contributed by atoms with E-state index in [-0.39, 0.29) is 0 Å². The first-order chi connectivity index (χ1) is 16.0. The van der Waals surface area contributed by atoms with Gasteiger partial charge in [0.05, 0.1) is 7.11 Å². The lowest BCUT2D eigenvalue weighted by Gasteiger charge is -2.11. The molecule has 0 bridgehead atoms. The monoisotopic (exact) mass is 459 g/mol. The van der Waals surface area contributed by atoms with Gasteiger partial charge in [0.1, 0.15) is 11.3 Å². The fourth-order valence-corrected chi connectivity index (χ4v) is 4.10. The predicted octanol–water partition coefficient (Wildman–Crippen LogP) is 6.30. The van der Waals surface area contributed by atoms with Crippen molar-refractivity contribution in [2.24, 2.45) is 7.05 Å². The molecule has 0 aliphatic heterocycles. The average Bonchev–Trinajstić information content (AvgIpc) is 3.40. The van der Waals surface area contributed by atoms with E-state index in [0.29, 0.717) is 22.3 Å². The molecule has 168 valence electrons. The molecule has 0 atom stereocenters. The summed E-state index contributed by atoms with van der Waals surface area (Å²) in [5.74, 6) is 1.89. The number of ether oxygens (including phenoxy) is 1. The Bertz CT molecular complexity index is 1390. The number of hydrogen-bond donors (Lipinski definition) is 0. The fraction of sp³-hybridized carbons (Fsp3) is 0.192. The molecule has 0 aliphatic carbocycles. The minimum absolute atomic E-state index is 0.337. The number of methoxy groups -OCH3 is 1. The van der Waals surface area contributed by atoms with Crippen molar-refractivity contribution in [3.8, 4) is 28.5 Å². The van der Waals surface area contributed by atoms with Crippen LogP contribution in [0.25, 0.3) is 33.9 Å². The number of imidazole rings is 1. The molecule has 0 fully saturated rings. The highest BCUT2D eigenvalue weighted by Crippen LogP contribution is 2.39. The first-order valence-corrected chi connectivity index (χ1v) is 11.1. The highest BCUT2D eigenvalue weighted by molar-refractivity contribution is 6.33. The van der Waals surface area contributed by atoms with Crippen LogP contribution in [0.4, 0.5) is 0 Å². The van der Waals surface area contributed by atoms with E-state index in [9.17, 15) is 0 Å². The lowest BCUT2D eigenvalue weighted by molar-refractivity contribution is 0.412. The zero-order valence-corrected chi connectivity index (χ0v) is 20.0. The summed E-state index contributed by atoms with van der Waals surface area (Å²) in [6, 6.07) is 5.98. The Hall–Kier alpha value is -3.64. The van der Waals surface area contributed by atoms with Crippen LogP contribution >= 0.6 is 11.6 Å². The Morgan fingerprint density at radius 1 is 1.24 bits per heavy atom. The van der Waals surface area contributed by atoms with Gasteiger partial charge in [0.15, 0.2) is 11.0 Å². The van der Waals surface area contributed by atoms with Crippen molar-refractivity contribution in [1.29, 1.82) is 0 Å². The number of aryl methyl sites for hydroxylation is 1. The number of fused-ring (bicyclic) bond motifs is 1. The lowest BCUT2D eigenvalue weighted by Crippen LogP contribution is -2.02. The molecular formula is C26H26ClN5O. The molecule has 4 aromatic rings. The zero-order chi connectivity index (χ0) is 23.5. The van der Waals surface area contributed by atoms with Crippen LogP contribution in [0.15, 0.2) is 67.7 Å². The van der Waals surface area contributed by atoms with Crippen molar-refractivity contribution in [1.82, 2.24) is 24.1 Å². The van der Waals surface area contributed by atoms with E-state index in [1.165, 1.54) is 0 Å². The molecule has 4 rings (SSSR count). The topological polar surface area (TPSA) is 57.2 Å². The third kappa shape index (κ3) is 4.22. The number of nitrogens with zero attached hydrogens (tertiary/aromatic N) is 5. The minimum Gasteiger partial charge on any atom is -0.496 e. The second kappa shape index (κ2) is 9.46. The SMILES string of the molecule is C=C(/C=C\C=C/CC)c1c(-c2cccc(OC)c2C)cn2nc(-c3nccn3C)nc(Cl)c12. The van der Waals surface area contributed by atoms with E-state index >= 15 is 0 Å². The lowest BCUT2D eigenvalue weighted by atomic mass is 9.95. The Labute approximate surface area is 198 Å². The smallest absolute Gasteiger partial charge is 0.217 e. The molecule has 7 heteroatoms. The summed E-state index contributed by atoms with van der Waals surface area (Å²) in [4.78, 5) is 8.93. The van der Waals surface area contributed by atoms with Crippen molar-refractivity contribution in [3.63, 3.8) is 0 Å². The highest BCUT2D eigenvalue weighted by Gasteiger charge is 2.22. The van der Waals surface area contributed by atoms with E-state index in [1.54, 1.807) is 17.8 Å². The molecule has 6 nitrogen and oxygen atoms in total. The highest BCUT2D eigenvalue weighted by atomic mass is 35.5. The van der Waals surface area contributed by atoms with E-state index in [1.807, 2.05) is 61.3 Å². The Morgan fingerprint density at radius 2 is 2.06 bits per heavy atom. The Kier molecular flexibility index (Phi) is 6.47. The van der Waals surface area contributed by atoms with Crippen molar-refractivity contribution >= 4 is 22.7 Å². The van der Waals surface area contributed by atoms with Crippen LogP contribution in [0.3, 0.4) is 0 Å². The molecule has 0 aliphatic rings. The minimum atomic E-state index is 0.337. The maximum absolute atomic E-state index is 6.75. The Balaban J connectivity index is 1.98. The van der Waals surface area contributed by atoms with Crippen LogP contribution in [0, 0.1) is 6.92 Å². The predicted molar refractivity (Wildman–Crippen MR) is 135 cm³/mol. The van der Waals surface area contributed by atoms with Crippen molar-refractivity contribution < 1.29 is 4.74 Å². The van der Waals surface area contributed by atoms with Gasteiger partial charge in [0, 0.05) is 36.8 Å². The summed E-state index contributed by atoms with van der Waals surface area (Å²) in [7, 11) is 3.57. The van der Waals surface area contributed by atoms with Gasteiger partial charge in [-0.05, 0) is 36.1 Å². The average molecular weight is 460 g/mol. The summed E-state index contributed by atoms with van der Waals surface area (Å²) in [6.45, 7) is 8.47. The van der Waals surface area contributed by atoms with Gasteiger partial charge in [-0.2, -0.15) is 0 Å². The largest absolute Gasteiger partial charge is 0.496 e. The third-order valence-corrected chi connectivity index (χ3v) is 5.77. The molecule has 33 heavy (non-hydrogen) atoms. The standard InChI is InChI=1S/C26H26ClN5O/c1-6-7-8-9-11-17(2)22-20(19-12-10-13-21(33-5)18(19)3)16-32-23(22)24(27)29-25(30-32)26-28-14-15-31(26)4/h7-16H,2,6H2,1,3-5H3/b8-7-,11-9-. The number of halogens is 1. The fourth-order valence-electron chi connectivity index (χ4n) is 3.84. The van der Waals surface area contributed by atoms with Gasteiger partial charge in [0.2, 0.25) is 5.82 Å². The first kappa shape index (κ1) is 22.6. The second-order valence-electron chi connectivity index (χ2n) is 7.65. The van der Waals surface area contributed by atoms with Gasteiger partial charge in [-0.1, -0.05) is 61.5 Å². The quantitative estimate of drug-likeness (QED) is 0.304. The van der Waals surface area contributed by atoms with Crippen LogP contribution < -0.4 is 4.74 Å². The molecule has 0 N–H and O–H groups in total. The van der Waals surface area contributed by atoms with Crippen LogP contribution in [0.1, 0.15) is 24.5 Å². The maximum Gasteiger partial charge on any atom is 0.217 e. The number of allylic oxidation sites excluding steroid dienone is 5. The number of hydrogen-bond acceptors (Lipinski definition) is 4. The molecule has 0 saturated heterocycles. The van der Waals surface area contributed by atoms with E-state index < -0.39 is 0 Å². The number of rotatable bonds is 7. The normalized spacial score (nSPS) is 11.8. The van der Waals surface area contributed by atoms with Gasteiger partial charge >= 0.3 is 0 Å². The molecule has 0 saturated carbocycles. The third-order valence-electron chi connectivity index (χ3n) is 5.51. The number of benzene rings is 1. The molecule has 0 spiro atoms. The van der Waals surface area contributed by atoms with Gasteiger partial charge in [-0.3, -0.25) is 0 Å². The van der Waals surface area contributed by atoms with Crippen molar-refractivity contribution in [3.05, 3.63) is 84.0 Å². The number of aromatic nitrogens is 5. The van der Waals surface area contributed by atoms with Crippen LogP contribution in [0.5, 0.6) is 5.75 Å². The van der Waals surface area contributed by atoms with E-state index in [2.05, 4.69) is 35.6 Å². The van der Waals surface area contributed by atoms with Gasteiger partial charge in [-0.15, -0.1) is 5.10 Å². The van der Waals surface area contributed by atoms with Crippen molar-refractivity contribution in [2.45, 2.75) is 20.3 Å². The van der Waals surface area contributed by atoms with Crippen LogP contribution in [-0.4, -0.2) is 31.3 Å². The summed E-state index contributed by atoms with van der Waals surface area (Å²) in [5, 5.41) is 5.07. The summed E-state index contributed by atoms with van der Waals surface area (Å²) >= 11 is 6.75. The van der Waals surface area contributed by atoms with Gasteiger partial charge < -0.3 is 9.30 Å². The Morgan fingerprint density at radius 3 is 2.76 bits per heavy atom. The van der Waals surface area contributed by atoms with E-state index in [0.717, 1.165) is 40.0 Å². The van der Waals surface area contributed by atoms with Crippen molar-refractivity contribution in [2.75, 3.05) is 7.11 Å². The van der Waals surface area contributed by atoms with E-state index in [4.69, 9.17) is 21.4 Å². The maximum atomic E-state index is 6.75. The summed E-state index contributed by atoms with van der Waals surface area (Å²) in [5.41, 5.74) is 5.38. The van der Waals surface area contributed by atoms with Crippen LogP contribution in [0.2, 0.25) is 5.15 Å². The molecule has 0 amide bonds. The molecule has 3 heterocycles. The molecule has 1 aromatic carbocycles. The van der Waals surface area contributed by atoms with Crippen LogP contribution in [-0.2, 0) is 7.05 Å². The van der Waals surface area contributed by atoms with Gasteiger partial charge in [-0.25, -0.2) is 14.5 Å². The molecule has 0 radical (unpaired) electrons. The summed E-state index contributed by atoms with van der Waals surface area (Å²) < 4.78 is 9.19.